The molecule has 0 unspecified atom stereocenters. The van der Waals surface area contributed by atoms with Crippen molar-refractivity contribution in [3.8, 4) is 23.1 Å². The molecule has 7 nitrogen and oxygen atoms in total. The molecule has 2 aliphatic heterocycles. The molecule has 5 rings (SSSR count). The standard InChI is InChI=1S/C25H17F2NO6/c1-31-20(29)12-16-14-6-4-10-28-24(14)33-18-9-8-15-22(30)19(32-23(15)21(16)18)11-13-5-2-3-7-17(13)34-25(26)27/h2-11,16,25H,12H2,1H3/b19-11-/t16-/m1/s1. The molecular formula is C25H17F2NO6. The normalized spacial score (nSPS) is 16.9. The maximum Gasteiger partial charge on any atom is 0.387 e. The minimum absolute atomic E-state index is 0.0241. The van der Waals surface area contributed by atoms with Gasteiger partial charge in [-0.15, -0.1) is 0 Å². The van der Waals surface area contributed by atoms with E-state index in [1.54, 1.807) is 42.6 Å². The molecule has 0 amide bonds. The number of Topliss-reactive ketones (excluding diaryl/α,β-unsaturated/α-hetero) is 1. The van der Waals surface area contributed by atoms with E-state index in [1.165, 1.54) is 25.3 Å². The molecule has 3 aromatic rings. The molecule has 2 aromatic carbocycles. The molecule has 1 aromatic heterocycles. The van der Waals surface area contributed by atoms with Crippen LogP contribution in [0, 0.1) is 0 Å². The lowest BCUT2D eigenvalue weighted by molar-refractivity contribution is -0.140. The second-order valence-corrected chi connectivity index (χ2v) is 7.54. The van der Waals surface area contributed by atoms with Gasteiger partial charge in [0.05, 0.1) is 19.1 Å². The number of para-hydroxylation sites is 1. The predicted octanol–water partition coefficient (Wildman–Crippen LogP) is 5.10. The second-order valence-electron chi connectivity index (χ2n) is 7.54. The smallest absolute Gasteiger partial charge is 0.387 e. The molecule has 0 saturated carbocycles. The van der Waals surface area contributed by atoms with Crippen LogP contribution in [0.2, 0.25) is 0 Å². The molecule has 0 N–H and O–H groups in total. The number of methoxy groups -OCH3 is 1. The van der Waals surface area contributed by atoms with E-state index in [1.807, 2.05) is 0 Å². The number of carbonyl (C=O) groups is 2. The largest absolute Gasteiger partial charge is 0.469 e. The zero-order valence-electron chi connectivity index (χ0n) is 17.8. The molecule has 0 bridgehead atoms. The van der Waals surface area contributed by atoms with Gasteiger partial charge in [-0.05, 0) is 30.3 Å². The Kier molecular flexibility index (Phi) is 5.45. The van der Waals surface area contributed by atoms with E-state index in [2.05, 4.69) is 9.72 Å². The van der Waals surface area contributed by atoms with Gasteiger partial charge in [0.1, 0.15) is 17.2 Å². The molecule has 34 heavy (non-hydrogen) atoms. The second kappa shape index (κ2) is 8.58. The van der Waals surface area contributed by atoms with E-state index in [-0.39, 0.29) is 34.8 Å². The molecule has 3 heterocycles. The van der Waals surface area contributed by atoms with Crippen molar-refractivity contribution in [3.05, 3.63) is 82.7 Å². The minimum atomic E-state index is -3.02. The summed E-state index contributed by atoms with van der Waals surface area (Å²) in [4.78, 5) is 29.6. The maximum absolute atomic E-state index is 13.1. The van der Waals surface area contributed by atoms with Crippen molar-refractivity contribution in [1.82, 2.24) is 4.98 Å². The SMILES string of the molecule is COC(=O)C[C@@H]1c2cccnc2Oc2ccc3c(c21)O/C(=C\c1ccccc1OC(F)F)C3=O. The van der Waals surface area contributed by atoms with Gasteiger partial charge in [0, 0.05) is 28.8 Å². The molecule has 0 saturated heterocycles. The van der Waals surface area contributed by atoms with Gasteiger partial charge in [0.25, 0.3) is 0 Å². The Labute approximate surface area is 192 Å². The molecule has 2 aliphatic rings. The van der Waals surface area contributed by atoms with Crippen molar-refractivity contribution in [2.75, 3.05) is 7.11 Å². The Bertz CT molecular complexity index is 1340. The zero-order chi connectivity index (χ0) is 23.8. The van der Waals surface area contributed by atoms with Crippen molar-refractivity contribution in [2.45, 2.75) is 19.0 Å². The summed E-state index contributed by atoms with van der Waals surface area (Å²) in [6.07, 6.45) is 2.90. The van der Waals surface area contributed by atoms with Gasteiger partial charge in [-0.2, -0.15) is 8.78 Å². The van der Waals surface area contributed by atoms with Crippen molar-refractivity contribution >= 4 is 17.8 Å². The number of halogens is 2. The molecule has 0 aliphatic carbocycles. The maximum atomic E-state index is 13.1. The number of ketones is 1. The number of ether oxygens (including phenoxy) is 4. The Morgan fingerprint density at radius 1 is 1.15 bits per heavy atom. The summed E-state index contributed by atoms with van der Waals surface area (Å²) in [5.74, 6) is -0.590. The lowest BCUT2D eigenvalue weighted by Gasteiger charge is -2.27. The van der Waals surface area contributed by atoms with Crippen LogP contribution in [0.25, 0.3) is 6.08 Å². The minimum Gasteiger partial charge on any atom is -0.469 e. The van der Waals surface area contributed by atoms with E-state index in [0.717, 1.165) is 0 Å². The number of alkyl halides is 2. The first-order valence-corrected chi connectivity index (χ1v) is 10.3. The number of pyridine rings is 1. The van der Waals surface area contributed by atoms with E-state index >= 15 is 0 Å². The van der Waals surface area contributed by atoms with Gasteiger partial charge >= 0.3 is 12.6 Å². The first-order valence-electron chi connectivity index (χ1n) is 10.3. The molecular weight excluding hydrogens is 448 g/mol. The Hall–Kier alpha value is -4.27. The summed E-state index contributed by atoms with van der Waals surface area (Å²) in [5.41, 5.74) is 1.68. The van der Waals surface area contributed by atoms with Crippen LogP contribution in [-0.2, 0) is 9.53 Å². The summed E-state index contributed by atoms with van der Waals surface area (Å²) in [6, 6.07) is 12.8. The van der Waals surface area contributed by atoms with Crippen LogP contribution >= 0.6 is 0 Å². The molecule has 0 radical (unpaired) electrons. The van der Waals surface area contributed by atoms with E-state index in [4.69, 9.17) is 14.2 Å². The summed E-state index contributed by atoms with van der Waals surface area (Å²) in [5, 5.41) is 0. The van der Waals surface area contributed by atoms with Gasteiger partial charge in [-0.25, -0.2) is 4.98 Å². The average molecular weight is 465 g/mol. The lowest BCUT2D eigenvalue weighted by atomic mass is 9.85. The highest BCUT2D eigenvalue weighted by molar-refractivity contribution is 6.15. The summed E-state index contributed by atoms with van der Waals surface area (Å²) >= 11 is 0. The van der Waals surface area contributed by atoms with Gasteiger partial charge in [-0.1, -0.05) is 24.3 Å². The van der Waals surface area contributed by atoms with Crippen LogP contribution < -0.4 is 14.2 Å². The summed E-state index contributed by atoms with van der Waals surface area (Å²) in [7, 11) is 1.29. The predicted molar refractivity (Wildman–Crippen MR) is 115 cm³/mol. The fourth-order valence-corrected chi connectivity index (χ4v) is 4.09. The highest BCUT2D eigenvalue weighted by Crippen LogP contribution is 2.52. The van der Waals surface area contributed by atoms with Crippen LogP contribution in [-0.4, -0.2) is 30.5 Å². The van der Waals surface area contributed by atoms with E-state index in [0.29, 0.717) is 22.8 Å². The van der Waals surface area contributed by atoms with E-state index < -0.39 is 24.3 Å². The number of hydrogen-bond donors (Lipinski definition) is 0. The third kappa shape index (κ3) is 3.75. The number of fused-ring (bicyclic) bond motifs is 4. The Morgan fingerprint density at radius 2 is 1.97 bits per heavy atom. The number of hydrogen-bond acceptors (Lipinski definition) is 7. The number of rotatable bonds is 5. The number of aromatic nitrogens is 1. The van der Waals surface area contributed by atoms with E-state index in [9.17, 15) is 18.4 Å². The van der Waals surface area contributed by atoms with Gasteiger partial charge < -0.3 is 18.9 Å². The molecule has 0 fully saturated rings. The Balaban J connectivity index is 1.59. The third-order valence-electron chi connectivity index (χ3n) is 5.59. The summed E-state index contributed by atoms with van der Waals surface area (Å²) in [6.45, 7) is -3.02. The van der Waals surface area contributed by atoms with Crippen LogP contribution in [0.5, 0.6) is 23.1 Å². The number of carbonyl (C=O) groups excluding carboxylic acids is 2. The fraction of sp³-hybridized carbons (Fsp3) is 0.160. The third-order valence-corrected chi connectivity index (χ3v) is 5.59. The highest BCUT2D eigenvalue weighted by Gasteiger charge is 2.39. The molecule has 172 valence electrons. The van der Waals surface area contributed by atoms with Crippen molar-refractivity contribution in [3.63, 3.8) is 0 Å². The van der Waals surface area contributed by atoms with Crippen molar-refractivity contribution < 1.29 is 37.3 Å². The lowest BCUT2D eigenvalue weighted by Crippen LogP contribution is -2.16. The molecule has 1 atom stereocenters. The van der Waals surface area contributed by atoms with Crippen molar-refractivity contribution in [2.24, 2.45) is 0 Å². The average Bonchev–Trinajstić information content (AvgIpc) is 3.14. The van der Waals surface area contributed by atoms with Crippen LogP contribution in [0.3, 0.4) is 0 Å². The highest BCUT2D eigenvalue weighted by atomic mass is 19.3. The first kappa shape index (κ1) is 21.6. The first-order chi connectivity index (χ1) is 16.5. The van der Waals surface area contributed by atoms with Gasteiger partial charge in [0.2, 0.25) is 11.7 Å². The van der Waals surface area contributed by atoms with Gasteiger partial charge in [0.15, 0.2) is 5.76 Å². The topological polar surface area (TPSA) is 84.0 Å². The number of esters is 1. The molecule has 0 spiro atoms. The fourth-order valence-electron chi connectivity index (χ4n) is 4.09. The quantitative estimate of drug-likeness (QED) is 0.383. The van der Waals surface area contributed by atoms with Crippen molar-refractivity contribution in [1.29, 1.82) is 0 Å². The monoisotopic (exact) mass is 465 g/mol. The Morgan fingerprint density at radius 3 is 2.76 bits per heavy atom. The van der Waals surface area contributed by atoms with Crippen LogP contribution in [0.15, 0.2) is 60.5 Å². The van der Waals surface area contributed by atoms with Gasteiger partial charge in [-0.3, -0.25) is 9.59 Å². The molecule has 9 heteroatoms. The van der Waals surface area contributed by atoms with Crippen LogP contribution in [0.1, 0.15) is 39.4 Å². The van der Waals surface area contributed by atoms with Crippen LogP contribution in [0.4, 0.5) is 8.78 Å². The number of nitrogens with zero attached hydrogens (tertiary/aromatic N) is 1. The number of benzene rings is 2. The summed E-state index contributed by atoms with van der Waals surface area (Å²) < 4.78 is 46.9. The number of allylic oxidation sites excluding steroid dienone is 1. The zero-order valence-corrected chi connectivity index (χ0v) is 17.8.